The van der Waals surface area contributed by atoms with Gasteiger partial charge in [0.25, 0.3) is 0 Å². The summed E-state index contributed by atoms with van der Waals surface area (Å²) >= 11 is 0. The van der Waals surface area contributed by atoms with Gasteiger partial charge in [-0.05, 0) is 29.7 Å². The molecule has 0 fully saturated rings. The number of fused-ring (bicyclic) bond motifs is 1. The van der Waals surface area contributed by atoms with E-state index in [9.17, 15) is 4.79 Å². The first-order valence-electron chi connectivity index (χ1n) is 8.49. The molecule has 0 bridgehead atoms. The molecule has 1 amide bonds. The van der Waals surface area contributed by atoms with Gasteiger partial charge in [0, 0.05) is 37.3 Å². The van der Waals surface area contributed by atoms with Crippen molar-refractivity contribution in [3.63, 3.8) is 0 Å². The molecule has 2 heterocycles. The summed E-state index contributed by atoms with van der Waals surface area (Å²) in [7, 11) is 1.88. The first-order chi connectivity index (χ1) is 12.7. The minimum Gasteiger partial charge on any atom is -0.347 e. The fraction of sp³-hybridized carbons (Fsp3) is 0.150. The molecule has 6 nitrogen and oxygen atoms in total. The van der Waals surface area contributed by atoms with Crippen LogP contribution < -0.4 is 5.32 Å². The van der Waals surface area contributed by atoms with Gasteiger partial charge in [-0.2, -0.15) is 0 Å². The van der Waals surface area contributed by atoms with Crippen LogP contribution >= 0.6 is 0 Å². The molecule has 0 radical (unpaired) electrons. The number of amides is 1. The van der Waals surface area contributed by atoms with Gasteiger partial charge < -0.3 is 14.5 Å². The Balaban J connectivity index is 1.48. The zero-order valence-corrected chi connectivity index (χ0v) is 14.5. The smallest absolute Gasteiger partial charge is 0.226 e. The Kier molecular flexibility index (Phi) is 4.23. The highest BCUT2D eigenvalue weighted by molar-refractivity contribution is 5.94. The first kappa shape index (κ1) is 16.1. The number of hydrogen-bond donors (Lipinski definition) is 1. The molecule has 2 aromatic heterocycles. The standard InChI is InChI=1S/C20H19N5O/c1-24-14-21-23-20(24)16-7-3-4-8-17(16)22-19(26)11-13-25-12-10-15-6-2-5-9-18(15)25/h2-10,12,14H,11,13H2,1H3,(H,22,26). The second kappa shape index (κ2) is 6.84. The van der Waals surface area contributed by atoms with Crippen LogP contribution in [0.5, 0.6) is 0 Å². The summed E-state index contributed by atoms with van der Waals surface area (Å²) in [6.45, 7) is 0.630. The van der Waals surface area contributed by atoms with Crippen molar-refractivity contribution in [3.05, 3.63) is 67.1 Å². The Bertz CT molecular complexity index is 1060. The SMILES string of the molecule is Cn1cnnc1-c1ccccc1NC(=O)CCn1ccc2ccccc21. The highest BCUT2D eigenvalue weighted by Crippen LogP contribution is 2.25. The summed E-state index contributed by atoms with van der Waals surface area (Å²) < 4.78 is 3.93. The summed E-state index contributed by atoms with van der Waals surface area (Å²) in [6, 6.07) is 17.9. The Morgan fingerprint density at radius 2 is 1.88 bits per heavy atom. The molecule has 1 N–H and O–H groups in total. The average Bonchev–Trinajstić information content (AvgIpc) is 3.27. The molecule has 26 heavy (non-hydrogen) atoms. The minimum atomic E-state index is -0.0302. The molecule has 0 saturated carbocycles. The number of aromatic nitrogens is 4. The molecule has 0 spiro atoms. The fourth-order valence-corrected chi connectivity index (χ4v) is 3.08. The predicted octanol–water partition coefficient (Wildman–Crippen LogP) is 3.47. The normalized spacial score (nSPS) is 11.0. The van der Waals surface area contributed by atoms with Crippen molar-refractivity contribution < 1.29 is 4.79 Å². The molecule has 0 saturated heterocycles. The van der Waals surface area contributed by atoms with E-state index < -0.39 is 0 Å². The Labute approximate surface area is 151 Å². The largest absolute Gasteiger partial charge is 0.347 e. The lowest BCUT2D eigenvalue weighted by molar-refractivity contribution is -0.116. The first-order valence-corrected chi connectivity index (χ1v) is 8.49. The molecule has 2 aromatic carbocycles. The van der Waals surface area contributed by atoms with E-state index in [1.165, 1.54) is 5.39 Å². The maximum absolute atomic E-state index is 12.5. The molecular formula is C20H19N5O. The molecule has 4 rings (SSSR count). The van der Waals surface area contributed by atoms with E-state index in [0.717, 1.165) is 22.6 Å². The van der Waals surface area contributed by atoms with Crippen molar-refractivity contribution in [2.24, 2.45) is 7.05 Å². The Morgan fingerprint density at radius 1 is 1.08 bits per heavy atom. The Morgan fingerprint density at radius 3 is 2.73 bits per heavy atom. The number of benzene rings is 2. The molecule has 4 aromatic rings. The summed E-state index contributed by atoms with van der Waals surface area (Å²) in [4.78, 5) is 12.5. The number of rotatable bonds is 5. The van der Waals surface area contributed by atoms with Crippen LogP contribution in [-0.2, 0) is 18.4 Å². The van der Waals surface area contributed by atoms with Gasteiger partial charge in [-0.25, -0.2) is 0 Å². The molecule has 6 heteroatoms. The molecule has 0 aliphatic heterocycles. The second-order valence-corrected chi connectivity index (χ2v) is 6.18. The van der Waals surface area contributed by atoms with Gasteiger partial charge in [0.15, 0.2) is 5.82 Å². The van der Waals surface area contributed by atoms with Crippen molar-refractivity contribution in [1.82, 2.24) is 19.3 Å². The number of nitrogens with one attached hydrogen (secondary N) is 1. The van der Waals surface area contributed by atoms with Crippen molar-refractivity contribution in [2.45, 2.75) is 13.0 Å². The van der Waals surface area contributed by atoms with Gasteiger partial charge in [-0.1, -0.05) is 30.3 Å². The fourth-order valence-electron chi connectivity index (χ4n) is 3.08. The number of aryl methyl sites for hydroxylation is 2. The summed E-state index contributed by atoms with van der Waals surface area (Å²) in [5, 5.41) is 12.2. The van der Waals surface area contributed by atoms with Gasteiger partial charge in [0.2, 0.25) is 5.91 Å². The summed E-state index contributed by atoms with van der Waals surface area (Å²) in [5.41, 5.74) is 2.73. The van der Waals surface area contributed by atoms with Gasteiger partial charge in [0.1, 0.15) is 6.33 Å². The van der Waals surface area contributed by atoms with E-state index in [2.05, 4.69) is 38.3 Å². The van der Waals surface area contributed by atoms with Crippen molar-refractivity contribution in [1.29, 1.82) is 0 Å². The third-order valence-electron chi connectivity index (χ3n) is 4.41. The number of para-hydroxylation sites is 2. The van der Waals surface area contributed by atoms with Crippen LogP contribution in [0, 0.1) is 0 Å². The second-order valence-electron chi connectivity index (χ2n) is 6.18. The molecular weight excluding hydrogens is 326 g/mol. The quantitative estimate of drug-likeness (QED) is 0.602. The van der Waals surface area contributed by atoms with Crippen molar-refractivity contribution >= 4 is 22.5 Å². The maximum atomic E-state index is 12.5. The number of hydrogen-bond acceptors (Lipinski definition) is 3. The number of carbonyl (C=O) groups is 1. The predicted molar refractivity (Wildman–Crippen MR) is 102 cm³/mol. The average molecular weight is 345 g/mol. The molecule has 0 atom stereocenters. The van der Waals surface area contributed by atoms with Gasteiger partial charge in [0.05, 0.1) is 5.69 Å². The number of nitrogens with zero attached hydrogens (tertiary/aromatic N) is 4. The van der Waals surface area contributed by atoms with Crippen LogP contribution in [0.4, 0.5) is 5.69 Å². The summed E-state index contributed by atoms with van der Waals surface area (Å²) in [6.07, 6.45) is 4.06. The monoisotopic (exact) mass is 345 g/mol. The van der Waals surface area contributed by atoms with E-state index >= 15 is 0 Å². The van der Waals surface area contributed by atoms with E-state index in [4.69, 9.17) is 0 Å². The lowest BCUT2D eigenvalue weighted by atomic mass is 10.1. The zero-order valence-electron chi connectivity index (χ0n) is 14.5. The molecule has 0 unspecified atom stereocenters. The van der Waals surface area contributed by atoms with Crippen molar-refractivity contribution in [3.8, 4) is 11.4 Å². The number of anilines is 1. The topological polar surface area (TPSA) is 64.7 Å². The van der Waals surface area contributed by atoms with E-state index in [1.807, 2.05) is 54.2 Å². The van der Waals surface area contributed by atoms with Crippen LogP contribution in [-0.4, -0.2) is 25.2 Å². The number of carbonyl (C=O) groups excluding carboxylic acids is 1. The third-order valence-corrected chi connectivity index (χ3v) is 4.41. The summed E-state index contributed by atoms with van der Waals surface area (Å²) in [5.74, 6) is 0.690. The van der Waals surface area contributed by atoms with Gasteiger partial charge in [-0.3, -0.25) is 4.79 Å². The minimum absolute atomic E-state index is 0.0302. The van der Waals surface area contributed by atoms with Gasteiger partial charge >= 0.3 is 0 Å². The zero-order chi connectivity index (χ0) is 17.9. The third kappa shape index (κ3) is 3.09. The van der Waals surface area contributed by atoms with Crippen LogP contribution in [0.3, 0.4) is 0 Å². The highest BCUT2D eigenvalue weighted by Gasteiger charge is 2.12. The Hall–Kier alpha value is -3.41. The van der Waals surface area contributed by atoms with Crippen LogP contribution in [0.15, 0.2) is 67.1 Å². The molecule has 130 valence electrons. The van der Waals surface area contributed by atoms with Crippen LogP contribution in [0.2, 0.25) is 0 Å². The van der Waals surface area contributed by atoms with Crippen LogP contribution in [0.1, 0.15) is 6.42 Å². The van der Waals surface area contributed by atoms with E-state index in [1.54, 1.807) is 6.33 Å². The van der Waals surface area contributed by atoms with Crippen LogP contribution in [0.25, 0.3) is 22.3 Å². The van der Waals surface area contributed by atoms with Gasteiger partial charge in [-0.15, -0.1) is 10.2 Å². The van der Waals surface area contributed by atoms with E-state index in [0.29, 0.717) is 13.0 Å². The molecule has 0 aliphatic rings. The molecule has 0 aliphatic carbocycles. The highest BCUT2D eigenvalue weighted by atomic mass is 16.1. The van der Waals surface area contributed by atoms with E-state index in [-0.39, 0.29) is 5.91 Å². The maximum Gasteiger partial charge on any atom is 0.226 e. The lowest BCUT2D eigenvalue weighted by Crippen LogP contribution is -2.15. The van der Waals surface area contributed by atoms with Crippen molar-refractivity contribution in [2.75, 3.05) is 5.32 Å². The lowest BCUT2D eigenvalue weighted by Gasteiger charge is -2.11.